The number of sulfonamides is 1. The average Bonchev–Trinajstić information content (AvgIpc) is 2.84. The quantitative estimate of drug-likeness (QED) is 0.453. The van der Waals surface area contributed by atoms with Crippen LogP contribution in [0, 0.1) is 13.8 Å². The molecular weight excluding hydrogens is 462 g/mol. The van der Waals surface area contributed by atoms with Crippen LogP contribution in [0.2, 0.25) is 0 Å². The Labute approximate surface area is 207 Å². The lowest BCUT2D eigenvalue weighted by atomic mass is 10.1. The van der Waals surface area contributed by atoms with Gasteiger partial charge in [-0.15, -0.1) is 0 Å². The highest BCUT2D eigenvalue weighted by molar-refractivity contribution is 7.92. The van der Waals surface area contributed by atoms with Crippen molar-refractivity contribution in [1.29, 1.82) is 0 Å². The molecular formula is C27H31N3O4S. The number of rotatable bonds is 9. The van der Waals surface area contributed by atoms with Gasteiger partial charge in [-0.2, -0.15) is 0 Å². The highest BCUT2D eigenvalue weighted by Gasteiger charge is 2.28. The molecule has 0 aliphatic carbocycles. The summed E-state index contributed by atoms with van der Waals surface area (Å²) in [4.78, 5) is 26.0. The largest absolute Gasteiger partial charge is 0.350 e. The van der Waals surface area contributed by atoms with Crippen LogP contribution >= 0.6 is 0 Å². The Kier molecular flexibility index (Phi) is 8.30. The van der Waals surface area contributed by atoms with Crippen LogP contribution in [0.3, 0.4) is 0 Å². The fourth-order valence-corrected chi connectivity index (χ4v) is 5.02. The third-order valence-corrected chi connectivity index (χ3v) is 7.46. The maximum absolute atomic E-state index is 13.6. The maximum atomic E-state index is 13.6. The number of hydrogen-bond donors (Lipinski definition) is 2. The molecule has 0 aliphatic rings. The normalized spacial score (nSPS) is 12.0. The van der Waals surface area contributed by atoms with E-state index in [1.54, 1.807) is 55.5 Å². The first-order valence-corrected chi connectivity index (χ1v) is 12.9. The van der Waals surface area contributed by atoms with E-state index in [-0.39, 0.29) is 16.8 Å². The summed E-state index contributed by atoms with van der Waals surface area (Å²) >= 11 is 0. The maximum Gasteiger partial charge on any atom is 0.264 e. The summed E-state index contributed by atoms with van der Waals surface area (Å²) in [6, 6.07) is 20.1. The van der Waals surface area contributed by atoms with Crippen molar-refractivity contribution in [3.63, 3.8) is 0 Å². The van der Waals surface area contributed by atoms with E-state index in [2.05, 4.69) is 10.6 Å². The van der Waals surface area contributed by atoms with Crippen LogP contribution < -0.4 is 14.9 Å². The van der Waals surface area contributed by atoms with E-state index in [1.807, 2.05) is 32.9 Å². The number of carbonyl (C=O) groups is 2. The fourth-order valence-electron chi connectivity index (χ4n) is 3.52. The molecule has 3 aromatic rings. The van der Waals surface area contributed by atoms with Crippen molar-refractivity contribution in [1.82, 2.24) is 5.32 Å². The first-order chi connectivity index (χ1) is 16.6. The molecule has 1 atom stereocenters. The number of nitrogens with one attached hydrogen (secondary N) is 2. The van der Waals surface area contributed by atoms with E-state index in [9.17, 15) is 18.0 Å². The molecule has 0 saturated heterocycles. The van der Waals surface area contributed by atoms with Gasteiger partial charge in [0.15, 0.2) is 0 Å². The molecule has 0 bridgehead atoms. The number of amides is 2. The lowest BCUT2D eigenvalue weighted by Crippen LogP contribution is -2.39. The molecule has 184 valence electrons. The minimum Gasteiger partial charge on any atom is -0.350 e. The van der Waals surface area contributed by atoms with Crippen molar-refractivity contribution in [2.24, 2.45) is 0 Å². The minimum atomic E-state index is -4.03. The van der Waals surface area contributed by atoms with Gasteiger partial charge in [0.05, 0.1) is 21.8 Å². The number of anilines is 2. The van der Waals surface area contributed by atoms with Gasteiger partial charge in [-0.3, -0.25) is 13.9 Å². The van der Waals surface area contributed by atoms with Crippen LogP contribution in [0.25, 0.3) is 0 Å². The molecule has 0 radical (unpaired) electrons. The lowest BCUT2D eigenvalue weighted by Gasteiger charge is -2.26. The molecule has 3 rings (SSSR count). The Morgan fingerprint density at radius 1 is 0.943 bits per heavy atom. The van der Waals surface area contributed by atoms with Crippen molar-refractivity contribution in [2.75, 3.05) is 16.2 Å². The predicted molar refractivity (Wildman–Crippen MR) is 139 cm³/mol. The second-order valence-electron chi connectivity index (χ2n) is 8.49. The lowest BCUT2D eigenvalue weighted by molar-refractivity contribution is -0.114. The molecule has 0 heterocycles. The van der Waals surface area contributed by atoms with Crippen molar-refractivity contribution < 1.29 is 18.0 Å². The van der Waals surface area contributed by atoms with E-state index in [0.29, 0.717) is 16.9 Å². The SMILES string of the molecule is CC[C@H](C)NC(=O)c1ccccc1NC(=O)CN(c1cc(C)ccc1C)S(=O)(=O)c1ccccc1. The van der Waals surface area contributed by atoms with Crippen molar-refractivity contribution in [3.8, 4) is 0 Å². The van der Waals surface area contributed by atoms with Crippen LogP contribution in [0.4, 0.5) is 11.4 Å². The number of benzene rings is 3. The highest BCUT2D eigenvalue weighted by atomic mass is 32.2. The van der Waals surface area contributed by atoms with E-state index < -0.39 is 22.5 Å². The van der Waals surface area contributed by atoms with Crippen molar-refractivity contribution in [2.45, 2.75) is 45.1 Å². The molecule has 7 nitrogen and oxygen atoms in total. The summed E-state index contributed by atoms with van der Waals surface area (Å²) < 4.78 is 28.3. The zero-order chi connectivity index (χ0) is 25.6. The van der Waals surface area contributed by atoms with Gasteiger partial charge in [-0.25, -0.2) is 8.42 Å². The molecule has 0 aliphatic heterocycles. The molecule has 0 saturated carbocycles. The summed E-state index contributed by atoms with van der Waals surface area (Å²) in [6.07, 6.45) is 0.766. The Hall–Kier alpha value is -3.65. The third kappa shape index (κ3) is 6.27. The highest BCUT2D eigenvalue weighted by Crippen LogP contribution is 2.28. The zero-order valence-electron chi connectivity index (χ0n) is 20.4. The standard InChI is InChI=1S/C27H31N3O4S/c1-5-21(4)28-27(32)23-13-9-10-14-24(23)29-26(31)18-30(25-17-19(2)15-16-20(25)3)35(33,34)22-11-7-6-8-12-22/h6-17,21H,5,18H2,1-4H3,(H,28,32)(H,29,31)/t21-/m0/s1. The second-order valence-corrected chi connectivity index (χ2v) is 10.4. The van der Waals surface area contributed by atoms with Crippen molar-refractivity contribution >= 4 is 33.2 Å². The molecule has 35 heavy (non-hydrogen) atoms. The van der Waals surface area contributed by atoms with Gasteiger partial charge < -0.3 is 10.6 Å². The summed E-state index contributed by atoms with van der Waals surface area (Å²) in [5.41, 5.74) is 2.64. The second kappa shape index (κ2) is 11.2. The van der Waals surface area contributed by atoms with Gasteiger partial charge in [-0.1, -0.05) is 49.4 Å². The smallest absolute Gasteiger partial charge is 0.264 e. The van der Waals surface area contributed by atoms with Crippen LogP contribution in [0.15, 0.2) is 77.7 Å². The number of nitrogens with zero attached hydrogens (tertiary/aromatic N) is 1. The topological polar surface area (TPSA) is 95.6 Å². The Morgan fingerprint density at radius 3 is 2.29 bits per heavy atom. The van der Waals surface area contributed by atoms with Gasteiger partial charge in [0, 0.05) is 6.04 Å². The van der Waals surface area contributed by atoms with Gasteiger partial charge in [-0.05, 0) is 68.7 Å². The molecule has 3 aromatic carbocycles. The van der Waals surface area contributed by atoms with E-state index >= 15 is 0 Å². The summed E-state index contributed by atoms with van der Waals surface area (Å²) in [7, 11) is -4.03. The predicted octanol–water partition coefficient (Wildman–Crippen LogP) is 4.67. The number of para-hydroxylation sites is 1. The number of aryl methyl sites for hydroxylation is 2. The average molecular weight is 494 g/mol. The van der Waals surface area contributed by atoms with Crippen LogP contribution in [-0.2, 0) is 14.8 Å². The Balaban J connectivity index is 1.95. The molecule has 0 unspecified atom stereocenters. The number of hydrogen-bond acceptors (Lipinski definition) is 4. The van der Waals surface area contributed by atoms with Gasteiger partial charge in [0.2, 0.25) is 5.91 Å². The van der Waals surface area contributed by atoms with Gasteiger partial charge in [0.1, 0.15) is 6.54 Å². The van der Waals surface area contributed by atoms with E-state index in [0.717, 1.165) is 21.9 Å². The third-order valence-electron chi connectivity index (χ3n) is 5.69. The summed E-state index contributed by atoms with van der Waals surface area (Å²) in [5.74, 6) is -0.868. The fraction of sp³-hybridized carbons (Fsp3) is 0.259. The molecule has 2 amide bonds. The number of carbonyl (C=O) groups excluding carboxylic acids is 2. The van der Waals surface area contributed by atoms with Crippen LogP contribution in [-0.4, -0.2) is 32.8 Å². The van der Waals surface area contributed by atoms with Crippen LogP contribution in [0.1, 0.15) is 41.8 Å². The zero-order valence-corrected chi connectivity index (χ0v) is 21.2. The molecule has 0 fully saturated rings. The molecule has 0 spiro atoms. The Bertz CT molecular complexity index is 1310. The van der Waals surface area contributed by atoms with E-state index in [1.165, 1.54) is 12.1 Å². The monoisotopic (exact) mass is 493 g/mol. The summed E-state index contributed by atoms with van der Waals surface area (Å²) in [5, 5.41) is 5.62. The first-order valence-electron chi connectivity index (χ1n) is 11.5. The first kappa shape index (κ1) is 26.0. The van der Waals surface area contributed by atoms with Crippen LogP contribution in [0.5, 0.6) is 0 Å². The molecule has 2 N–H and O–H groups in total. The van der Waals surface area contributed by atoms with E-state index in [4.69, 9.17) is 0 Å². The summed E-state index contributed by atoms with van der Waals surface area (Å²) in [6.45, 7) is 7.07. The van der Waals surface area contributed by atoms with Crippen molar-refractivity contribution in [3.05, 3.63) is 89.5 Å². The van der Waals surface area contributed by atoms with Gasteiger partial charge in [0.25, 0.3) is 15.9 Å². The minimum absolute atomic E-state index is 0.0259. The molecule has 8 heteroatoms. The molecule has 0 aromatic heterocycles. The Morgan fingerprint density at radius 2 is 1.60 bits per heavy atom. The van der Waals surface area contributed by atoms with Gasteiger partial charge >= 0.3 is 0 Å².